The Hall–Kier alpha value is -4.20. The van der Waals surface area contributed by atoms with Gasteiger partial charge in [-0.15, -0.1) is 0 Å². The molecule has 3 aromatic carbocycles. The summed E-state index contributed by atoms with van der Waals surface area (Å²) in [5.41, 5.74) is 2.21. The topological polar surface area (TPSA) is 105 Å². The molecule has 0 bridgehead atoms. The number of carboxylic acid groups (broad SMARTS) is 1. The average molecular weight is 479 g/mol. The number of hydrogen-bond acceptors (Lipinski definition) is 4. The molecule has 0 aliphatic carbocycles. The lowest BCUT2D eigenvalue weighted by molar-refractivity contribution is -0.142. The van der Waals surface area contributed by atoms with Crippen molar-refractivity contribution in [1.29, 1.82) is 0 Å². The van der Waals surface area contributed by atoms with Gasteiger partial charge in [-0.2, -0.15) is 0 Å². The molecule has 35 heavy (non-hydrogen) atoms. The summed E-state index contributed by atoms with van der Waals surface area (Å²) in [5, 5.41) is 14.7. The Morgan fingerprint density at radius 3 is 2.11 bits per heavy atom. The van der Waals surface area contributed by atoms with Crippen LogP contribution in [0.2, 0.25) is 0 Å². The van der Waals surface area contributed by atoms with E-state index in [2.05, 4.69) is 10.6 Å². The Labute approximate surface area is 202 Å². The summed E-state index contributed by atoms with van der Waals surface area (Å²) in [6.07, 6.45) is 0.0513. The number of hydrogen-bond donors (Lipinski definition) is 3. The van der Waals surface area contributed by atoms with E-state index < -0.39 is 35.7 Å². The smallest absolute Gasteiger partial charge is 0.326 e. The Kier molecular flexibility index (Phi) is 8.95. The molecule has 3 rings (SSSR count). The van der Waals surface area contributed by atoms with Gasteiger partial charge in [0.1, 0.15) is 30.3 Å². The van der Waals surface area contributed by atoms with Crippen LogP contribution in [-0.4, -0.2) is 35.0 Å². The molecular formula is C27H27FN2O5. The number of amides is 2. The van der Waals surface area contributed by atoms with Crippen molar-refractivity contribution in [3.63, 3.8) is 0 Å². The zero-order chi connectivity index (χ0) is 25.2. The number of carbonyl (C=O) groups excluding carboxylic acids is 2. The second kappa shape index (κ2) is 12.3. The molecule has 8 heteroatoms. The van der Waals surface area contributed by atoms with Gasteiger partial charge >= 0.3 is 5.97 Å². The van der Waals surface area contributed by atoms with Crippen molar-refractivity contribution in [3.8, 4) is 5.75 Å². The molecule has 3 N–H and O–H groups in total. The first-order chi connectivity index (χ1) is 16.8. The summed E-state index contributed by atoms with van der Waals surface area (Å²) in [4.78, 5) is 36.3. The minimum atomic E-state index is -1.22. The number of rotatable bonds is 11. The molecule has 0 fully saturated rings. The molecule has 0 spiro atoms. The number of aliphatic carboxylic acids is 1. The Bertz CT molecular complexity index is 1150. The van der Waals surface area contributed by atoms with Crippen LogP contribution in [-0.2, 0) is 33.8 Å². The Morgan fingerprint density at radius 2 is 1.49 bits per heavy atom. The van der Waals surface area contributed by atoms with Crippen LogP contribution in [0.1, 0.15) is 23.6 Å². The monoisotopic (exact) mass is 478 g/mol. The van der Waals surface area contributed by atoms with Crippen LogP contribution in [0.4, 0.5) is 4.39 Å². The van der Waals surface area contributed by atoms with Gasteiger partial charge in [0.05, 0.1) is 0 Å². The molecule has 0 saturated heterocycles. The quantitative estimate of drug-likeness (QED) is 0.392. The fourth-order valence-electron chi connectivity index (χ4n) is 3.53. The molecule has 0 heterocycles. The molecular weight excluding hydrogens is 451 g/mol. The van der Waals surface area contributed by atoms with E-state index in [1.807, 2.05) is 30.3 Å². The van der Waals surface area contributed by atoms with Gasteiger partial charge in [0.25, 0.3) is 0 Å². The second-order valence-electron chi connectivity index (χ2n) is 8.11. The van der Waals surface area contributed by atoms with E-state index in [4.69, 9.17) is 4.74 Å². The Balaban J connectivity index is 1.62. The minimum absolute atomic E-state index is 0.0168. The first-order valence-electron chi connectivity index (χ1n) is 11.1. The van der Waals surface area contributed by atoms with Crippen LogP contribution in [0.25, 0.3) is 0 Å². The number of ether oxygens (including phenoxy) is 1. The van der Waals surface area contributed by atoms with Crippen molar-refractivity contribution in [2.24, 2.45) is 0 Å². The molecule has 0 aromatic heterocycles. The first kappa shape index (κ1) is 25.4. The van der Waals surface area contributed by atoms with Crippen LogP contribution in [0.15, 0.2) is 78.9 Å². The molecule has 2 amide bonds. The maximum absolute atomic E-state index is 13.5. The zero-order valence-electron chi connectivity index (χ0n) is 19.2. The normalized spacial score (nSPS) is 12.3. The summed E-state index contributed by atoms with van der Waals surface area (Å²) in [5.74, 6) is -2.17. The van der Waals surface area contributed by atoms with Gasteiger partial charge in [-0.25, -0.2) is 9.18 Å². The molecule has 0 aliphatic rings. The van der Waals surface area contributed by atoms with E-state index >= 15 is 0 Å². The summed E-state index contributed by atoms with van der Waals surface area (Å²) >= 11 is 0. The summed E-state index contributed by atoms with van der Waals surface area (Å²) in [7, 11) is 0. The summed E-state index contributed by atoms with van der Waals surface area (Å²) < 4.78 is 19.3. The van der Waals surface area contributed by atoms with E-state index in [1.54, 1.807) is 30.3 Å². The van der Waals surface area contributed by atoms with E-state index in [9.17, 15) is 23.9 Å². The molecule has 2 atom stereocenters. The fraction of sp³-hybridized carbons (Fsp3) is 0.222. The third-order valence-electron chi connectivity index (χ3n) is 5.25. The van der Waals surface area contributed by atoms with Gasteiger partial charge in [0.2, 0.25) is 11.8 Å². The fourth-order valence-corrected chi connectivity index (χ4v) is 3.53. The number of carboxylic acids is 1. The molecule has 0 aliphatic heterocycles. The van der Waals surface area contributed by atoms with Crippen LogP contribution < -0.4 is 15.4 Å². The highest BCUT2D eigenvalue weighted by molar-refractivity contribution is 5.90. The van der Waals surface area contributed by atoms with Gasteiger partial charge in [-0.1, -0.05) is 54.6 Å². The van der Waals surface area contributed by atoms with Crippen LogP contribution in [0.3, 0.4) is 0 Å². The molecule has 182 valence electrons. The maximum atomic E-state index is 13.5. The van der Waals surface area contributed by atoms with Gasteiger partial charge < -0.3 is 20.5 Å². The van der Waals surface area contributed by atoms with E-state index in [1.165, 1.54) is 25.1 Å². The van der Waals surface area contributed by atoms with Gasteiger partial charge in [-0.3, -0.25) is 9.59 Å². The van der Waals surface area contributed by atoms with Crippen molar-refractivity contribution in [2.75, 3.05) is 0 Å². The van der Waals surface area contributed by atoms with Crippen molar-refractivity contribution >= 4 is 17.8 Å². The standard InChI is InChI=1S/C27H27FN2O5/c1-18(31)29-24(16-21-8-5-9-22(28)14-21)26(32)30-25(27(33)34)15-19-10-12-23(13-11-19)35-17-20-6-3-2-4-7-20/h2-14,24-25H,15-17H2,1H3,(H,29,31)(H,30,32)(H,33,34)/t24-,25-/m1/s1. The van der Waals surface area contributed by atoms with Gasteiger partial charge in [-0.05, 0) is 41.0 Å². The van der Waals surface area contributed by atoms with Gasteiger partial charge in [0.15, 0.2) is 0 Å². The first-order valence-corrected chi connectivity index (χ1v) is 11.1. The number of halogens is 1. The SMILES string of the molecule is CC(=O)N[C@H](Cc1cccc(F)c1)C(=O)N[C@H](Cc1ccc(OCc2ccccc2)cc1)C(=O)O. The highest BCUT2D eigenvalue weighted by atomic mass is 19.1. The van der Waals surface area contributed by atoms with Gasteiger partial charge in [0, 0.05) is 19.8 Å². The number of carbonyl (C=O) groups is 3. The van der Waals surface area contributed by atoms with E-state index in [0.29, 0.717) is 23.5 Å². The number of nitrogens with one attached hydrogen (secondary N) is 2. The van der Waals surface area contributed by atoms with E-state index in [-0.39, 0.29) is 12.8 Å². The lowest BCUT2D eigenvalue weighted by atomic mass is 10.0. The maximum Gasteiger partial charge on any atom is 0.326 e. The Morgan fingerprint density at radius 1 is 0.829 bits per heavy atom. The molecule has 0 saturated carbocycles. The van der Waals surface area contributed by atoms with E-state index in [0.717, 1.165) is 5.56 Å². The predicted molar refractivity (Wildman–Crippen MR) is 128 cm³/mol. The largest absolute Gasteiger partial charge is 0.489 e. The lowest BCUT2D eigenvalue weighted by Gasteiger charge is -2.21. The molecule has 0 unspecified atom stereocenters. The van der Waals surface area contributed by atoms with Crippen molar-refractivity contribution < 1.29 is 28.6 Å². The van der Waals surface area contributed by atoms with Crippen LogP contribution in [0.5, 0.6) is 5.75 Å². The molecule has 3 aromatic rings. The summed E-state index contributed by atoms with van der Waals surface area (Å²) in [6.45, 7) is 1.66. The molecule has 7 nitrogen and oxygen atoms in total. The number of benzene rings is 3. The average Bonchev–Trinajstić information content (AvgIpc) is 2.83. The third kappa shape index (κ3) is 8.26. The lowest BCUT2D eigenvalue weighted by Crippen LogP contribution is -2.52. The van der Waals surface area contributed by atoms with Crippen molar-refractivity contribution in [1.82, 2.24) is 10.6 Å². The van der Waals surface area contributed by atoms with Crippen molar-refractivity contribution in [2.45, 2.75) is 38.5 Å². The highest BCUT2D eigenvalue weighted by Crippen LogP contribution is 2.16. The van der Waals surface area contributed by atoms with Crippen molar-refractivity contribution in [3.05, 3.63) is 101 Å². The summed E-state index contributed by atoms with van der Waals surface area (Å²) in [6, 6.07) is 20.0. The van der Waals surface area contributed by atoms with Crippen LogP contribution >= 0.6 is 0 Å². The second-order valence-corrected chi connectivity index (χ2v) is 8.11. The predicted octanol–water partition coefficient (Wildman–Crippen LogP) is 3.26. The highest BCUT2D eigenvalue weighted by Gasteiger charge is 2.26. The molecule has 0 radical (unpaired) electrons. The third-order valence-corrected chi connectivity index (χ3v) is 5.25. The zero-order valence-corrected chi connectivity index (χ0v) is 19.2. The van der Waals surface area contributed by atoms with Crippen LogP contribution in [0, 0.1) is 5.82 Å². The minimum Gasteiger partial charge on any atom is -0.489 e.